The van der Waals surface area contributed by atoms with E-state index in [0.717, 1.165) is 24.4 Å². The van der Waals surface area contributed by atoms with Crippen LogP contribution in [-0.2, 0) is 16.0 Å². The van der Waals surface area contributed by atoms with Crippen molar-refractivity contribution in [2.24, 2.45) is 0 Å². The highest BCUT2D eigenvalue weighted by Crippen LogP contribution is 2.41. The van der Waals surface area contributed by atoms with Crippen LogP contribution in [0.1, 0.15) is 5.56 Å². The largest absolute Gasteiger partial charge is 0.493 e. The quantitative estimate of drug-likeness (QED) is 0.687. The molecule has 0 radical (unpaired) electrons. The molecule has 1 aromatic rings. The van der Waals surface area contributed by atoms with E-state index >= 15 is 0 Å². The Morgan fingerprint density at radius 1 is 1.15 bits per heavy atom. The average molecular weight is 283 g/mol. The molecule has 1 aliphatic heterocycles. The van der Waals surface area contributed by atoms with E-state index in [1.165, 1.54) is 0 Å². The van der Waals surface area contributed by atoms with Gasteiger partial charge in [-0.2, -0.15) is 0 Å². The third kappa shape index (κ3) is 4.00. The standard InChI is InChI=1S/C14H21NO5/c1-16-5-6-18-4-3-15-9-11-7-12(17-2)14-13(8-11)19-10-20-14/h7-8,15H,3-6,9-10H2,1-2H3. The van der Waals surface area contributed by atoms with Gasteiger partial charge in [-0.1, -0.05) is 0 Å². The zero-order valence-corrected chi connectivity index (χ0v) is 11.9. The van der Waals surface area contributed by atoms with Gasteiger partial charge in [0.15, 0.2) is 11.5 Å². The predicted molar refractivity (Wildman–Crippen MR) is 73.5 cm³/mol. The number of rotatable bonds is 9. The van der Waals surface area contributed by atoms with Crippen LogP contribution < -0.4 is 19.5 Å². The third-order valence-electron chi connectivity index (χ3n) is 2.90. The minimum Gasteiger partial charge on any atom is -0.493 e. The lowest BCUT2D eigenvalue weighted by Gasteiger charge is -2.09. The lowest BCUT2D eigenvalue weighted by atomic mass is 10.2. The Morgan fingerprint density at radius 3 is 2.85 bits per heavy atom. The molecule has 0 atom stereocenters. The van der Waals surface area contributed by atoms with Gasteiger partial charge < -0.3 is 29.0 Å². The Morgan fingerprint density at radius 2 is 2.05 bits per heavy atom. The Kier molecular flexibility index (Phi) is 5.91. The van der Waals surface area contributed by atoms with Gasteiger partial charge in [-0.15, -0.1) is 0 Å². The number of hydrogen-bond donors (Lipinski definition) is 1. The number of benzene rings is 1. The van der Waals surface area contributed by atoms with Crippen molar-refractivity contribution in [3.05, 3.63) is 17.7 Å². The highest BCUT2D eigenvalue weighted by atomic mass is 16.7. The molecule has 20 heavy (non-hydrogen) atoms. The van der Waals surface area contributed by atoms with Crippen molar-refractivity contribution in [2.75, 3.05) is 47.4 Å². The smallest absolute Gasteiger partial charge is 0.231 e. The second-order valence-corrected chi connectivity index (χ2v) is 4.31. The van der Waals surface area contributed by atoms with Gasteiger partial charge in [-0.25, -0.2) is 0 Å². The summed E-state index contributed by atoms with van der Waals surface area (Å²) in [6.07, 6.45) is 0. The molecular weight excluding hydrogens is 262 g/mol. The fourth-order valence-electron chi connectivity index (χ4n) is 1.91. The van der Waals surface area contributed by atoms with E-state index in [4.69, 9.17) is 23.7 Å². The van der Waals surface area contributed by atoms with Gasteiger partial charge in [-0.3, -0.25) is 0 Å². The van der Waals surface area contributed by atoms with E-state index in [1.807, 2.05) is 12.1 Å². The molecule has 0 saturated heterocycles. The molecule has 0 amide bonds. The number of ether oxygens (including phenoxy) is 5. The van der Waals surface area contributed by atoms with Gasteiger partial charge in [0.05, 0.1) is 26.9 Å². The molecule has 0 fully saturated rings. The maximum Gasteiger partial charge on any atom is 0.231 e. The summed E-state index contributed by atoms with van der Waals surface area (Å²) in [7, 11) is 3.28. The molecule has 0 spiro atoms. The topological polar surface area (TPSA) is 58.2 Å². The summed E-state index contributed by atoms with van der Waals surface area (Å²) < 4.78 is 26.3. The Bertz CT molecular complexity index is 424. The van der Waals surface area contributed by atoms with Crippen molar-refractivity contribution in [2.45, 2.75) is 6.54 Å². The summed E-state index contributed by atoms with van der Waals surface area (Å²) >= 11 is 0. The first kappa shape index (κ1) is 14.9. The van der Waals surface area contributed by atoms with Crippen molar-refractivity contribution < 1.29 is 23.7 Å². The highest BCUT2D eigenvalue weighted by molar-refractivity contribution is 5.55. The van der Waals surface area contributed by atoms with Gasteiger partial charge in [-0.05, 0) is 17.7 Å². The van der Waals surface area contributed by atoms with Crippen molar-refractivity contribution >= 4 is 0 Å². The Labute approximate surface area is 118 Å². The van der Waals surface area contributed by atoms with Crippen molar-refractivity contribution in [3.63, 3.8) is 0 Å². The number of methoxy groups -OCH3 is 2. The van der Waals surface area contributed by atoms with Crippen LogP contribution >= 0.6 is 0 Å². The van der Waals surface area contributed by atoms with Crippen LogP contribution in [0.3, 0.4) is 0 Å². The molecule has 1 aliphatic rings. The first-order valence-electron chi connectivity index (χ1n) is 6.59. The monoisotopic (exact) mass is 283 g/mol. The summed E-state index contributed by atoms with van der Waals surface area (Å²) in [5, 5.41) is 3.30. The van der Waals surface area contributed by atoms with Crippen molar-refractivity contribution in [3.8, 4) is 17.2 Å². The van der Waals surface area contributed by atoms with Crippen LogP contribution in [0.4, 0.5) is 0 Å². The normalized spacial score (nSPS) is 12.7. The minimum atomic E-state index is 0.246. The molecule has 112 valence electrons. The number of fused-ring (bicyclic) bond motifs is 1. The summed E-state index contributed by atoms with van der Waals surface area (Å²) in [5.41, 5.74) is 1.09. The molecule has 0 aromatic heterocycles. The molecule has 1 heterocycles. The molecule has 1 N–H and O–H groups in total. The first-order valence-corrected chi connectivity index (χ1v) is 6.59. The lowest BCUT2D eigenvalue weighted by Crippen LogP contribution is -2.20. The maximum absolute atomic E-state index is 5.38. The van der Waals surface area contributed by atoms with E-state index < -0.39 is 0 Å². The number of nitrogens with one attached hydrogen (secondary N) is 1. The molecule has 0 unspecified atom stereocenters. The van der Waals surface area contributed by atoms with Crippen molar-refractivity contribution in [1.82, 2.24) is 5.32 Å². The summed E-state index contributed by atoms with van der Waals surface area (Å²) in [6.45, 7) is 3.65. The first-order chi connectivity index (χ1) is 9.85. The van der Waals surface area contributed by atoms with Gasteiger partial charge in [0.25, 0.3) is 0 Å². The lowest BCUT2D eigenvalue weighted by molar-refractivity contribution is 0.0719. The molecule has 6 nitrogen and oxygen atoms in total. The van der Waals surface area contributed by atoms with Crippen LogP contribution in [0.25, 0.3) is 0 Å². The van der Waals surface area contributed by atoms with E-state index in [1.54, 1.807) is 14.2 Å². The van der Waals surface area contributed by atoms with Crippen LogP contribution in [0.15, 0.2) is 12.1 Å². The molecular formula is C14H21NO5. The summed E-state index contributed by atoms with van der Waals surface area (Å²) in [4.78, 5) is 0. The third-order valence-corrected chi connectivity index (χ3v) is 2.90. The van der Waals surface area contributed by atoms with Crippen LogP contribution in [0, 0.1) is 0 Å². The van der Waals surface area contributed by atoms with Crippen LogP contribution in [-0.4, -0.2) is 47.4 Å². The highest BCUT2D eigenvalue weighted by Gasteiger charge is 2.19. The molecule has 1 aromatic carbocycles. The Balaban J connectivity index is 1.76. The van der Waals surface area contributed by atoms with E-state index in [9.17, 15) is 0 Å². The maximum atomic E-state index is 5.38. The molecule has 0 bridgehead atoms. The van der Waals surface area contributed by atoms with Gasteiger partial charge in [0, 0.05) is 20.2 Å². The van der Waals surface area contributed by atoms with Gasteiger partial charge >= 0.3 is 0 Å². The SMILES string of the molecule is COCCOCCNCc1cc(OC)c2c(c1)OCO2. The summed E-state index contributed by atoms with van der Waals surface area (Å²) in [5.74, 6) is 2.12. The second-order valence-electron chi connectivity index (χ2n) is 4.31. The second kappa shape index (κ2) is 7.94. The summed E-state index contributed by atoms with van der Waals surface area (Å²) in [6, 6.07) is 3.91. The van der Waals surface area contributed by atoms with Crippen LogP contribution in [0.5, 0.6) is 17.2 Å². The zero-order chi connectivity index (χ0) is 14.2. The zero-order valence-electron chi connectivity index (χ0n) is 11.9. The van der Waals surface area contributed by atoms with E-state index in [-0.39, 0.29) is 6.79 Å². The minimum absolute atomic E-state index is 0.246. The fraction of sp³-hybridized carbons (Fsp3) is 0.571. The predicted octanol–water partition coefficient (Wildman–Crippen LogP) is 1.18. The van der Waals surface area contributed by atoms with E-state index in [2.05, 4.69) is 5.32 Å². The average Bonchev–Trinajstić information content (AvgIpc) is 2.93. The number of hydrogen-bond acceptors (Lipinski definition) is 6. The Hall–Kier alpha value is -1.50. The van der Waals surface area contributed by atoms with E-state index in [0.29, 0.717) is 31.3 Å². The van der Waals surface area contributed by atoms with Crippen molar-refractivity contribution in [1.29, 1.82) is 0 Å². The molecule has 6 heteroatoms. The molecule has 0 aliphatic carbocycles. The van der Waals surface area contributed by atoms with Crippen LogP contribution in [0.2, 0.25) is 0 Å². The van der Waals surface area contributed by atoms with Gasteiger partial charge in [0.2, 0.25) is 12.5 Å². The molecule has 0 saturated carbocycles. The molecule has 2 rings (SSSR count). The fourth-order valence-corrected chi connectivity index (χ4v) is 1.91. The van der Waals surface area contributed by atoms with Gasteiger partial charge in [0.1, 0.15) is 0 Å².